The fourth-order valence-electron chi connectivity index (χ4n) is 3.68. The SMILES string of the molecule is CCNC(=NCCCNC(=O)c1occc1C)N1CCC(CN(CC)CC(F)(F)F)C1. The zero-order valence-electron chi connectivity index (χ0n) is 18.6. The maximum atomic E-state index is 12.7. The van der Waals surface area contributed by atoms with E-state index in [0.29, 0.717) is 51.4 Å². The molecule has 1 aromatic rings. The molecule has 176 valence electrons. The van der Waals surface area contributed by atoms with Crippen molar-refractivity contribution in [3.05, 3.63) is 23.7 Å². The number of nitrogens with one attached hydrogen (secondary N) is 2. The summed E-state index contributed by atoms with van der Waals surface area (Å²) in [6.07, 6.45) is -1.16. The first kappa shape index (κ1) is 25.0. The maximum Gasteiger partial charge on any atom is 0.401 e. The number of hydrogen-bond donors (Lipinski definition) is 2. The molecule has 0 radical (unpaired) electrons. The molecule has 2 rings (SSSR count). The Hall–Kier alpha value is -2.23. The molecule has 7 nitrogen and oxygen atoms in total. The summed E-state index contributed by atoms with van der Waals surface area (Å²) >= 11 is 0. The van der Waals surface area contributed by atoms with Gasteiger partial charge >= 0.3 is 6.18 Å². The van der Waals surface area contributed by atoms with Crippen LogP contribution < -0.4 is 10.6 Å². The lowest BCUT2D eigenvalue weighted by Crippen LogP contribution is -2.42. The Labute approximate surface area is 182 Å². The topological polar surface area (TPSA) is 73.1 Å². The first-order valence-electron chi connectivity index (χ1n) is 10.9. The van der Waals surface area contributed by atoms with Gasteiger partial charge in [0.05, 0.1) is 12.8 Å². The van der Waals surface area contributed by atoms with Crippen LogP contribution in [0.15, 0.2) is 21.7 Å². The van der Waals surface area contributed by atoms with Crippen LogP contribution in [0.3, 0.4) is 0 Å². The van der Waals surface area contributed by atoms with Crippen LogP contribution >= 0.6 is 0 Å². The second kappa shape index (κ2) is 12.0. The zero-order valence-corrected chi connectivity index (χ0v) is 18.6. The third kappa shape index (κ3) is 8.43. The maximum absolute atomic E-state index is 12.7. The smallest absolute Gasteiger partial charge is 0.401 e. The number of likely N-dealkylation sites (tertiary alicyclic amines) is 1. The van der Waals surface area contributed by atoms with Crippen molar-refractivity contribution >= 4 is 11.9 Å². The Kier molecular flexibility index (Phi) is 9.67. The van der Waals surface area contributed by atoms with E-state index in [0.717, 1.165) is 24.5 Å². The van der Waals surface area contributed by atoms with Crippen LogP contribution in [0.25, 0.3) is 0 Å². The van der Waals surface area contributed by atoms with Crippen molar-refractivity contribution in [2.45, 2.75) is 39.8 Å². The van der Waals surface area contributed by atoms with Crippen LogP contribution in [0.5, 0.6) is 0 Å². The van der Waals surface area contributed by atoms with Crippen molar-refractivity contribution < 1.29 is 22.4 Å². The molecule has 0 spiro atoms. The molecule has 2 N–H and O–H groups in total. The first-order chi connectivity index (χ1) is 14.7. The number of carbonyl (C=O) groups excluding carboxylic acids is 1. The van der Waals surface area contributed by atoms with E-state index >= 15 is 0 Å². The van der Waals surface area contributed by atoms with Crippen molar-refractivity contribution in [3.8, 4) is 0 Å². The molecule has 10 heteroatoms. The van der Waals surface area contributed by atoms with Crippen LogP contribution in [0.4, 0.5) is 13.2 Å². The number of hydrogen-bond acceptors (Lipinski definition) is 4. The van der Waals surface area contributed by atoms with Gasteiger partial charge in [0.1, 0.15) is 0 Å². The molecule has 2 heterocycles. The van der Waals surface area contributed by atoms with Crippen LogP contribution in [-0.2, 0) is 0 Å². The standard InChI is InChI=1S/C21H34F3N5O2/c1-4-25-20(27-10-6-9-26-19(30)18-16(3)8-12-31-18)29-11-7-17(14-29)13-28(5-2)15-21(22,23)24/h8,12,17H,4-7,9-11,13-15H2,1-3H3,(H,25,27)(H,26,30). The highest BCUT2D eigenvalue weighted by Gasteiger charge is 2.33. The molecule has 1 atom stereocenters. The fraction of sp³-hybridized carbons (Fsp3) is 0.714. The van der Waals surface area contributed by atoms with Crippen molar-refractivity contribution in [2.75, 3.05) is 52.4 Å². The van der Waals surface area contributed by atoms with Crippen molar-refractivity contribution in [3.63, 3.8) is 0 Å². The van der Waals surface area contributed by atoms with E-state index in [9.17, 15) is 18.0 Å². The Morgan fingerprint density at radius 2 is 2.13 bits per heavy atom. The third-order valence-corrected chi connectivity index (χ3v) is 5.24. The Morgan fingerprint density at radius 3 is 2.74 bits per heavy atom. The van der Waals surface area contributed by atoms with Gasteiger partial charge in [0.15, 0.2) is 11.7 Å². The van der Waals surface area contributed by atoms with Gasteiger partial charge in [-0.3, -0.25) is 14.7 Å². The first-order valence-corrected chi connectivity index (χ1v) is 10.9. The summed E-state index contributed by atoms with van der Waals surface area (Å²) in [7, 11) is 0. The molecule has 31 heavy (non-hydrogen) atoms. The molecule has 0 saturated carbocycles. The summed E-state index contributed by atoms with van der Waals surface area (Å²) in [6, 6.07) is 1.74. The summed E-state index contributed by atoms with van der Waals surface area (Å²) < 4.78 is 43.3. The molecular formula is C21H34F3N5O2. The number of aryl methyl sites for hydroxylation is 1. The minimum absolute atomic E-state index is 0.182. The third-order valence-electron chi connectivity index (χ3n) is 5.24. The van der Waals surface area contributed by atoms with Gasteiger partial charge in [-0.2, -0.15) is 13.2 Å². The number of aliphatic imine (C=N–C) groups is 1. The molecule has 1 aromatic heterocycles. The highest BCUT2D eigenvalue weighted by Crippen LogP contribution is 2.21. The zero-order chi connectivity index (χ0) is 22.9. The van der Waals surface area contributed by atoms with Gasteiger partial charge in [-0.25, -0.2) is 0 Å². The lowest BCUT2D eigenvalue weighted by molar-refractivity contribution is -0.146. The molecule has 0 aliphatic carbocycles. The summed E-state index contributed by atoms with van der Waals surface area (Å²) in [5.41, 5.74) is 0.797. The number of furan rings is 1. The minimum atomic E-state index is -4.17. The molecule has 1 amide bonds. The van der Waals surface area contributed by atoms with Gasteiger partial charge in [0.25, 0.3) is 5.91 Å². The van der Waals surface area contributed by atoms with Crippen molar-refractivity contribution in [1.82, 2.24) is 20.4 Å². The Morgan fingerprint density at radius 1 is 1.35 bits per heavy atom. The van der Waals surface area contributed by atoms with Crippen LogP contribution in [0.1, 0.15) is 42.8 Å². The van der Waals surface area contributed by atoms with Gasteiger partial charge in [0, 0.05) is 44.8 Å². The quantitative estimate of drug-likeness (QED) is 0.329. The second-order valence-corrected chi connectivity index (χ2v) is 7.82. The van der Waals surface area contributed by atoms with Gasteiger partial charge in [-0.15, -0.1) is 0 Å². The number of carbonyl (C=O) groups is 1. The Bertz CT molecular complexity index is 720. The number of amides is 1. The van der Waals surface area contributed by atoms with E-state index < -0.39 is 12.7 Å². The van der Waals surface area contributed by atoms with E-state index in [4.69, 9.17) is 4.42 Å². The molecule has 1 aliphatic heterocycles. The van der Waals surface area contributed by atoms with Crippen LogP contribution in [-0.4, -0.2) is 80.2 Å². The van der Waals surface area contributed by atoms with E-state index in [2.05, 4.69) is 20.5 Å². The van der Waals surface area contributed by atoms with E-state index in [1.165, 1.54) is 11.2 Å². The van der Waals surface area contributed by atoms with Crippen molar-refractivity contribution in [2.24, 2.45) is 10.9 Å². The normalized spacial score (nSPS) is 17.5. The Balaban J connectivity index is 1.78. The van der Waals surface area contributed by atoms with Crippen LogP contribution in [0.2, 0.25) is 0 Å². The van der Waals surface area contributed by atoms with E-state index in [-0.39, 0.29) is 11.8 Å². The monoisotopic (exact) mass is 445 g/mol. The van der Waals surface area contributed by atoms with E-state index in [1.807, 2.05) is 13.8 Å². The van der Waals surface area contributed by atoms with Crippen molar-refractivity contribution in [1.29, 1.82) is 0 Å². The molecular weight excluding hydrogens is 411 g/mol. The predicted octanol–water partition coefficient (Wildman–Crippen LogP) is 2.88. The van der Waals surface area contributed by atoms with Gasteiger partial charge in [0.2, 0.25) is 0 Å². The summed E-state index contributed by atoms with van der Waals surface area (Å²) in [5, 5.41) is 6.08. The minimum Gasteiger partial charge on any atom is -0.459 e. The van der Waals surface area contributed by atoms with E-state index in [1.54, 1.807) is 13.0 Å². The van der Waals surface area contributed by atoms with Gasteiger partial charge < -0.3 is 20.0 Å². The predicted molar refractivity (Wildman–Crippen MR) is 114 cm³/mol. The summed E-state index contributed by atoms with van der Waals surface area (Å²) in [4.78, 5) is 20.2. The van der Waals surface area contributed by atoms with Gasteiger partial charge in [-0.05, 0) is 45.2 Å². The molecule has 1 aliphatic rings. The second-order valence-electron chi connectivity index (χ2n) is 7.82. The van der Waals surface area contributed by atoms with Crippen LogP contribution in [0, 0.1) is 12.8 Å². The molecule has 1 unspecified atom stereocenters. The molecule has 0 aromatic carbocycles. The average molecular weight is 446 g/mol. The lowest BCUT2D eigenvalue weighted by Gasteiger charge is -2.26. The number of halogens is 3. The summed E-state index contributed by atoms with van der Waals surface area (Å²) in [6.45, 7) is 8.70. The number of rotatable bonds is 10. The molecule has 1 saturated heterocycles. The molecule has 0 bridgehead atoms. The number of alkyl halides is 3. The largest absolute Gasteiger partial charge is 0.459 e. The highest BCUT2D eigenvalue weighted by molar-refractivity contribution is 5.92. The van der Waals surface area contributed by atoms with Gasteiger partial charge in [-0.1, -0.05) is 6.92 Å². The number of guanidine groups is 1. The average Bonchev–Trinajstić information content (AvgIpc) is 3.34. The highest BCUT2D eigenvalue weighted by atomic mass is 19.4. The fourth-order valence-corrected chi connectivity index (χ4v) is 3.68. The molecule has 1 fully saturated rings. The lowest BCUT2D eigenvalue weighted by atomic mass is 10.1. The number of nitrogens with zero attached hydrogens (tertiary/aromatic N) is 3. The summed E-state index contributed by atoms with van der Waals surface area (Å²) in [5.74, 6) is 1.05.